The van der Waals surface area contributed by atoms with Crippen LogP contribution in [0.15, 0.2) is 60.7 Å². The summed E-state index contributed by atoms with van der Waals surface area (Å²) in [7, 11) is 1.58. The first-order valence-corrected chi connectivity index (χ1v) is 10.1. The van der Waals surface area contributed by atoms with E-state index in [2.05, 4.69) is 32.8 Å². The van der Waals surface area contributed by atoms with Gasteiger partial charge < -0.3 is 9.64 Å². The van der Waals surface area contributed by atoms with Gasteiger partial charge in [0.05, 0.1) is 7.11 Å². The van der Waals surface area contributed by atoms with Crippen LogP contribution in [-0.2, 0) is 9.59 Å². The standard InChI is InChI=1S/C23H28N4O3/c1-30-21-10-6-5-7-19(21)11-12-22(28)24-25-23(29)13-14-26-15-17-27(18-16-26)20-8-3-2-4-9-20/h2-12H,13-18H2,1H3,(H,24,28)(H,25,29). The van der Waals surface area contributed by atoms with E-state index in [1.807, 2.05) is 42.5 Å². The van der Waals surface area contributed by atoms with Gasteiger partial charge in [-0.15, -0.1) is 0 Å². The van der Waals surface area contributed by atoms with E-state index in [9.17, 15) is 9.59 Å². The molecule has 2 amide bonds. The molecule has 1 aliphatic rings. The van der Waals surface area contributed by atoms with Crippen LogP contribution in [0.4, 0.5) is 5.69 Å². The second-order valence-electron chi connectivity index (χ2n) is 7.03. The normalized spacial score (nSPS) is 14.5. The Morgan fingerprint density at radius 2 is 1.67 bits per heavy atom. The predicted molar refractivity (Wildman–Crippen MR) is 118 cm³/mol. The SMILES string of the molecule is COc1ccccc1C=CC(=O)NNC(=O)CCN1CCN(c2ccccc2)CC1. The van der Waals surface area contributed by atoms with E-state index in [1.165, 1.54) is 11.8 Å². The maximum Gasteiger partial charge on any atom is 0.262 e. The topological polar surface area (TPSA) is 73.9 Å². The Labute approximate surface area is 177 Å². The first-order valence-electron chi connectivity index (χ1n) is 10.1. The number of benzene rings is 2. The summed E-state index contributed by atoms with van der Waals surface area (Å²) in [4.78, 5) is 28.6. The monoisotopic (exact) mass is 408 g/mol. The summed E-state index contributed by atoms with van der Waals surface area (Å²) >= 11 is 0. The minimum Gasteiger partial charge on any atom is -0.496 e. The molecule has 0 atom stereocenters. The summed E-state index contributed by atoms with van der Waals surface area (Å²) in [5.41, 5.74) is 6.90. The van der Waals surface area contributed by atoms with Crippen molar-refractivity contribution in [3.63, 3.8) is 0 Å². The fraction of sp³-hybridized carbons (Fsp3) is 0.304. The minimum atomic E-state index is -0.397. The number of anilines is 1. The fourth-order valence-corrected chi connectivity index (χ4v) is 3.33. The largest absolute Gasteiger partial charge is 0.496 e. The molecule has 158 valence electrons. The number of hydrazine groups is 1. The first kappa shape index (κ1) is 21.4. The summed E-state index contributed by atoms with van der Waals surface area (Å²) in [5, 5.41) is 0. The van der Waals surface area contributed by atoms with Gasteiger partial charge in [-0.2, -0.15) is 0 Å². The molecule has 0 bridgehead atoms. The Balaban J connectivity index is 1.34. The lowest BCUT2D eigenvalue weighted by Crippen LogP contribution is -2.48. The van der Waals surface area contributed by atoms with Crippen molar-refractivity contribution in [3.05, 3.63) is 66.2 Å². The first-order chi connectivity index (χ1) is 14.7. The molecular weight excluding hydrogens is 380 g/mol. The van der Waals surface area contributed by atoms with Gasteiger partial charge >= 0.3 is 0 Å². The molecule has 0 saturated carbocycles. The molecule has 0 unspecified atom stereocenters. The molecule has 1 heterocycles. The average molecular weight is 409 g/mol. The van der Waals surface area contributed by atoms with Crippen LogP contribution < -0.4 is 20.5 Å². The van der Waals surface area contributed by atoms with E-state index in [-0.39, 0.29) is 5.91 Å². The third kappa shape index (κ3) is 6.35. The number of carbonyl (C=O) groups is 2. The van der Waals surface area contributed by atoms with Crippen LogP contribution in [0.3, 0.4) is 0 Å². The van der Waals surface area contributed by atoms with Gasteiger partial charge in [0.15, 0.2) is 0 Å². The molecule has 0 aliphatic carbocycles. The molecule has 2 aromatic carbocycles. The van der Waals surface area contributed by atoms with Gasteiger partial charge in [0, 0.05) is 56.5 Å². The van der Waals surface area contributed by atoms with Crippen molar-refractivity contribution in [1.82, 2.24) is 15.8 Å². The summed E-state index contributed by atoms with van der Waals surface area (Å²) in [6.07, 6.45) is 3.34. The Morgan fingerprint density at radius 1 is 0.967 bits per heavy atom. The number of nitrogens with one attached hydrogen (secondary N) is 2. The molecule has 1 fully saturated rings. The molecule has 30 heavy (non-hydrogen) atoms. The zero-order chi connectivity index (χ0) is 21.2. The lowest BCUT2D eigenvalue weighted by atomic mass is 10.2. The van der Waals surface area contributed by atoms with Crippen LogP contribution in [-0.4, -0.2) is 56.5 Å². The van der Waals surface area contributed by atoms with Crippen molar-refractivity contribution in [3.8, 4) is 5.75 Å². The highest BCUT2D eigenvalue weighted by atomic mass is 16.5. The van der Waals surface area contributed by atoms with Gasteiger partial charge in [0.25, 0.3) is 5.91 Å². The molecule has 2 aromatic rings. The highest BCUT2D eigenvalue weighted by molar-refractivity contribution is 5.93. The lowest BCUT2D eigenvalue weighted by Gasteiger charge is -2.36. The molecule has 2 N–H and O–H groups in total. The summed E-state index contributed by atoms with van der Waals surface area (Å²) in [6, 6.07) is 17.7. The Morgan fingerprint density at radius 3 is 2.40 bits per heavy atom. The van der Waals surface area contributed by atoms with Crippen molar-refractivity contribution in [1.29, 1.82) is 0 Å². The van der Waals surface area contributed by atoms with Crippen molar-refractivity contribution in [2.24, 2.45) is 0 Å². The third-order valence-electron chi connectivity index (χ3n) is 5.03. The molecule has 1 saturated heterocycles. The maximum absolute atomic E-state index is 12.0. The van der Waals surface area contributed by atoms with Crippen molar-refractivity contribution >= 4 is 23.6 Å². The van der Waals surface area contributed by atoms with Crippen LogP contribution >= 0.6 is 0 Å². The second-order valence-corrected chi connectivity index (χ2v) is 7.03. The fourth-order valence-electron chi connectivity index (χ4n) is 3.33. The Bertz CT molecular complexity index is 862. The second kappa shape index (κ2) is 11.0. The molecule has 7 nitrogen and oxygen atoms in total. The zero-order valence-electron chi connectivity index (χ0n) is 17.2. The number of carbonyl (C=O) groups excluding carboxylic acids is 2. The Hall–Kier alpha value is -3.32. The maximum atomic E-state index is 12.0. The van der Waals surface area contributed by atoms with E-state index in [0.29, 0.717) is 18.7 Å². The molecule has 0 radical (unpaired) electrons. The average Bonchev–Trinajstić information content (AvgIpc) is 2.81. The summed E-state index contributed by atoms with van der Waals surface area (Å²) in [5.74, 6) is 0.0724. The summed E-state index contributed by atoms with van der Waals surface area (Å²) in [6.45, 7) is 4.37. The smallest absolute Gasteiger partial charge is 0.262 e. The number of para-hydroxylation sites is 2. The highest BCUT2D eigenvalue weighted by Crippen LogP contribution is 2.18. The molecule has 0 spiro atoms. The van der Waals surface area contributed by atoms with Gasteiger partial charge in [-0.1, -0.05) is 36.4 Å². The van der Waals surface area contributed by atoms with E-state index >= 15 is 0 Å². The third-order valence-corrected chi connectivity index (χ3v) is 5.03. The van der Waals surface area contributed by atoms with Gasteiger partial charge in [-0.3, -0.25) is 25.3 Å². The molecule has 3 rings (SSSR count). The van der Waals surface area contributed by atoms with Crippen molar-refractivity contribution in [2.75, 3.05) is 44.7 Å². The number of piperazine rings is 1. The van der Waals surface area contributed by atoms with Crippen LogP contribution in [0.1, 0.15) is 12.0 Å². The van der Waals surface area contributed by atoms with Crippen LogP contribution in [0, 0.1) is 0 Å². The lowest BCUT2D eigenvalue weighted by molar-refractivity contribution is -0.127. The summed E-state index contributed by atoms with van der Waals surface area (Å²) < 4.78 is 5.24. The van der Waals surface area contributed by atoms with Gasteiger partial charge in [0.2, 0.25) is 5.91 Å². The molecule has 0 aromatic heterocycles. The number of methoxy groups -OCH3 is 1. The molecular formula is C23H28N4O3. The molecule has 1 aliphatic heterocycles. The minimum absolute atomic E-state index is 0.209. The van der Waals surface area contributed by atoms with E-state index in [4.69, 9.17) is 4.74 Å². The van der Waals surface area contributed by atoms with E-state index < -0.39 is 5.91 Å². The zero-order valence-corrected chi connectivity index (χ0v) is 17.2. The highest BCUT2D eigenvalue weighted by Gasteiger charge is 2.17. The Kier molecular flexibility index (Phi) is 7.86. The quantitative estimate of drug-likeness (QED) is 0.542. The van der Waals surface area contributed by atoms with Crippen LogP contribution in [0.2, 0.25) is 0 Å². The van der Waals surface area contributed by atoms with Crippen molar-refractivity contribution < 1.29 is 14.3 Å². The number of rotatable bonds is 7. The van der Waals surface area contributed by atoms with E-state index in [1.54, 1.807) is 13.2 Å². The van der Waals surface area contributed by atoms with Gasteiger partial charge in [0.1, 0.15) is 5.75 Å². The predicted octanol–water partition coefficient (Wildman–Crippen LogP) is 2.07. The number of nitrogens with zero attached hydrogens (tertiary/aromatic N) is 2. The van der Waals surface area contributed by atoms with E-state index in [0.717, 1.165) is 31.7 Å². The van der Waals surface area contributed by atoms with Crippen LogP contribution in [0.5, 0.6) is 5.75 Å². The number of hydrogen-bond donors (Lipinski definition) is 2. The van der Waals surface area contributed by atoms with Crippen molar-refractivity contribution in [2.45, 2.75) is 6.42 Å². The number of amides is 2. The van der Waals surface area contributed by atoms with Crippen LogP contribution in [0.25, 0.3) is 6.08 Å². The van der Waals surface area contributed by atoms with Gasteiger partial charge in [-0.25, -0.2) is 0 Å². The molecule has 7 heteroatoms. The number of ether oxygens (including phenoxy) is 1. The van der Waals surface area contributed by atoms with Gasteiger partial charge in [-0.05, 0) is 24.3 Å². The number of hydrogen-bond acceptors (Lipinski definition) is 5.